The van der Waals surface area contributed by atoms with Crippen LogP contribution < -0.4 is 5.32 Å². The van der Waals surface area contributed by atoms with Crippen LogP contribution in [0.1, 0.15) is 56.2 Å². The number of aliphatic hydroxyl groups excluding tert-OH is 1. The summed E-state index contributed by atoms with van der Waals surface area (Å²) in [4.78, 5) is 0. The lowest BCUT2D eigenvalue weighted by Crippen LogP contribution is -2.29. The van der Waals surface area contributed by atoms with Gasteiger partial charge in [0, 0.05) is 11.5 Å². The summed E-state index contributed by atoms with van der Waals surface area (Å²) in [5.74, 6) is 0.625. The van der Waals surface area contributed by atoms with Gasteiger partial charge in [-0.3, -0.25) is 0 Å². The summed E-state index contributed by atoms with van der Waals surface area (Å²) >= 11 is 0. The lowest BCUT2D eigenvalue weighted by molar-refractivity contribution is 0.175. The molecule has 1 fully saturated rings. The van der Waals surface area contributed by atoms with Gasteiger partial charge in [0.05, 0.1) is 6.61 Å². The Labute approximate surface area is 110 Å². The highest BCUT2D eigenvalue weighted by atomic mass is 16.3. The van der Waals surface area contributed by atoms with Crippen molar-refractivity contribution in [2.45, 2.75) is 45.1 Å². The van der Waals surface area contributed by atoms with Crippen LogP contribution >= 0.6 is 0 Å². The Bertz CT molecular complexity index is 381. The third-order valence-electron chi connectivity index (χ3n) is 4.56. The van der Waals surface area contributed by atoms with Crippen LogP contribution in [0.2, 0.25) is 0 Å². The molecule has 100 valence electrons. The third-order valence-corrected chi connectivity index (χ3v) is 4.56. The van der Waals surface area contributed by atoms with Crippen LogP contribution in [0.4, 0.5) is 0 Å². The third kappa shape index (κ3) is 2.45. The highest BCUT2D eigenvalue weighted by molar-refractivity contribution is 5.29. The fraction of sp³-hybridized carbons (Fsp3) is 0.625. The van der Waals surface area contributed by atoms with E-state index in [1.54, 1.807) is 0 Å². The van der Waals surface area contributed by atoms with Crippen molar-refractivity contribution in [3.8, 4) is 0 Å². The molecule has 2 atom stereocenters. The summed E-state index contributed by atoms with van der Waals surface area (Å²) in [6.45, 7) is 4.77. The Hall–Kier alpha value is -0.860. The molecular weight excluding hydrogens is 222 g/mol. The molecule has 0 radical (unpaired) electrons. The fourth-order valence-electron chi connectivity index (χ4n) is 2.78. The van der Waals surface area contributed by atoms with E-state index >= 15 is 0 Å². The average molecular weight is 247 g/mol. The van der Waals surface area contributed by atoms with Gasteiger partial charge in [0.1, 0.15) is 0 Å². The van der Waals surface area contributed by atoms with Gasteiger partial charge in [-0.1, -0.05) is 38.1 Å². The molecule has 2 nitrogen and oxygen atoms in total. The minimum atomic E-state index is 0.0899. The molecule has 0 aromatic heterocycles. The van der Waals surface area contributed by atoms with Crippen LogP contribution in [0.25, 0.3) is 0 Å². The number of aliphatic hydroxyl groups is 1. The first-order chi connectivity index (χ1) is 8.66. The zero-order valence-corrected chi connectivity index (χ0v) is 11.7. The van der Waals surface area contributed by atoms with E-state index in [-0.39, 0.29) is 18.1 Å². The minimum absolute atomic E-state index is 0.0899. The van der Waals surface area contributed by atoms with Gasteiger partial charge >= 0.3 is 0 Å². The first kappa shape index (κ1) is 13.6. The summed E-state index contributed by atoms with van der Waals surface area (Å²) in [5.41, 5.74) is 2.80. The predicted molar refractivity (Wildman–Crippen MR) is 75.7 cm³/mol. The Balaban J connectivity index is 2.17. The van der Waals surface area contributed by atoms with E-state index in [2.05, 4.69) is 43.4 Å². The molecule has 2 heteroatoms. The lowest BCUT2D eigenvalue weighted by Gasteiger charge is -2.25. The molecule has 1 saturated carbocycles. The van der Waals surface area contributed by atoms with Crippen molar-refractivity contribution < 1.29 is 5.11 Å². The fourth-order valence-corrected chi connectivity index (χ4v) is 2.78. The Kier molecular flexibility index (Phi) is 4.08. The topological polar surface area (TPSA) is 32.3 Å². The summed E-state index contributed by atoms with van der Waals surface area (Å²) < 4.78 is 0. The van der Waals surface area contributed by atoms with Gasteiger partial charge in [0.25, 0.3) is 0 Å². The highest BCUT2D eigenvalue weighted by Gasteiger charge is 2.48. The maximum absolute atomic E-state index is 9.56. The monoisotopic (exact) mass is 247 g/mol. The van der Waals surface area contributed by atoms with Crippen molar-refractivity contribution >= 4 is 0 Å². The lowest BCUT2D eigenvalue weighted by atomic mass is 9.89. The molecule has 2 N–H and O–H groups in total. The van der Waals surface area contributed by atoms with Crippen molar-refractivity contribution in [1.82, 2.24) is 5.32 Å². The van der Waals surface area contributed by atoms with E-state index in [0.29, 0.717) is 5.92 Å². The number of rotatable bonds is 6. The van der Waals surface area contributed by atoms with Gasteiger partial charge in [-0.15, -0.1) is 0 Å². The van der Waals surface area contributed by atoms with Gasteiger partial charge in [0.15, 0.2) is 0 Å². The Morgan fingerprint density at radius 3 is 2.17 bits per heavy atom. The zero-order chi connectivity index (χ0) is 13.2. The van der Waals surface area contributed by atoms with E-state index in [4.69, 9.17) is 0 Å². The molecule has 1 aromatic carbocycles. The molecule has 0 bridgehead atoms. The number of nitrogens with one attached hydrogen (secondary N) is 1. The number of hydrogen-bond donors (Lipinski definition) is 2. The quantitative estimate of drug-likeness (QED) is 0.809. The Morgan fingerprint density at radius 1 is 1.22 bits per heavy atom. The second kappa shape index (κ2) is 5.41. The van der Waals surface area contributed by atoms with Crippen LogP contribution in [-0.4, -0.2) is 18.8 Å². The SMILES string of the molecule is CCC(C)c1ccc(C(NC)C2(CO)CC2)cc1. The first-order valence-electron chi connectivity index (χ1n) is 7.05. The molecule has 1 aliphatic carbocycles. The maximum atomic E-state index is 9.56. The van der Waals surface area contributed by atoms with Crippen LogP contribution in [-0.2, 0) is 0 Å². The summed E-state index contributed by atoms with van der Waals surface area (Å²) in [7, 11) is 1.99. The minimum Gasteiger partial charge on any atom is -0.396 e. The first-order valence-corrected chi connectivity index (χ1v) is 7.05. The molecule has 1 aliphatic rings. The molecule has 0 heterocycles. The summed E-state index contributed by atoms with van der Waals surface area (Å²) in [5, 5.41) is 12.9. The van der Waals surface area contributed by atoms with Crippen molar-refractivity contribution in [1.29, 1.82) is 0 Å². The van der Waals surface area contributed by atoms with Crippen LogP contribution in [0.15, 0.2) is 24.3 Å². The van der Waals surface area contributed by atoms with Crippen LogP contribution in [0, 0.1) is 5.41 Å². The largest absolute Gasteiger partial charge is 0.396 e. The normalized spacial score (nSPS) is 20.4. The van der Waals surface area contributed by atoms with E-state index in [9.17, 15) is 5.11 Å². The van der Waals surface area contributed by atoms with E-state index < -0.39 is 0 Å². The molecule has 0 saturated heterocycles. The van der Waals surface area contributed by atoms with Gasteiger partial charge in [-0.2, -0.15) is 0 Å². The van der Waals surface area contributed by atoms with E-state index in [1.807, 2.05) is 7.05 Å². The molecule has 2 unspecified atom stereocenters. The molecule has 18 heavy (non-hydrogen) atoms. The van der Waals surface area contributed by atoms with Crippen molar-refractivity contribution in [2.24, 2.45) is 5.41 Å². The number of benzene rings is 1. The molecule has 2 rings (SSSR count). The second-order valence-corrected chi connectivity index (χ2v) is 5.72. The second-order valence-electron chi connectivity index (χ2n) is 5.72. The van der Waals surface area contributed by atoms with Crippen molar-refractivity contribution in [2.75, 3.05) is 13.7 Å². The van der Waals surface area contributed by atoms with Crippen molar-refractivity contribution in [3.63, 3.8) is 0 Å². The standard InChI is InChI=1S/C16H25NO/c1-4-12(2)13-5-7-14(8-6-13)15(17-3)16(11-18)9-10-16/h5-8,12,15,17-18H,4,9-11H2,1-3H3. The van der Waals surface area contributed by atoms with E-state index in [0.717, 1.165) is 12.8 Å². The van der Waals surface area contributed by atoms with Gasteiger partial charge in [0.2, 0.25) is 0 Å². The number of hydrogen-bond acceptors (Lipinski definition) is 2. The molecular formula is C16H25NO. The summed E-state index contributed by atoms with van der Waals surface area (Å²) in [6, 6.07) is 9.20. The summed E-state index contributed by atoms with van der Waals surface area (Å²) in [6.07, 6.45) is 3.43. The molecule has 1 aromatic rings. The highest BCUT2D eigenvalue weighted by Crippen LogP contribution is 2.54. The molecule has 0 aliphatic heterocycles. The van der Waals surface area contributed by atoms with Gasteiger partial charge in [-0.05, 0) is 43.4 Å². The van der Waals surface area contributed by atoms with Crippen molar-refractivity contribution in [3.05, 3.63) is 35.4 Å². The van der Waals surface area contributed by atoms with Crippen LogP contribution in [0.3, 0.4) is 0 Å². The maximum Gasteiger partial charge on any atom is 0.0505 e. The van der Waals surface area contributed by atoms with Crippen LogP contribution in [0.5, 0.6) is 0 Å². The molecule has 0 amide bonds. The van der Waals surface area contributed by atoms with Gasteiger partial charge < -0.3 is 10.4 Å². The average Bonchev–Trinajstić information content (AvgIpc) is 3.20. The predicted octanol–water partition coefficient (Wildman–Crippen LogP) is 3.23. The smallest absolute Gasteiger partial charge is 0.0505 e. The zero-order valence-electron chi connectivity index (χ0n) is 11.7. The van der Waals surface area contributed by atoms with Gasteiger partial charge in [-0.25, -0.2) is 0 Å². The van der Waals surface area contributed by atoms with E-state index in [1.165, 1.54) is 17.5 Å². The molecule has 0 spiro atoms. The Morgan fingerprint density at radius 2 is 1.78 bits per heavy atom.